The van der Waals surface area contributed by atoms with Gasteiger partial charge in [-0.25, -0.2) is 0 Å². The second-order valence-electron chi connectivity index (χ2n) is 10.9. The van der Waals surface area contributed by atoms with Crippen LogP contribution in [-0.4, -0.2) is 48.7 Å². The summed E-state index contributed by atoms with van der Waals surface area (Å²) in [5.74, 6) is 0.964. The molecule has 2 aromatic rings. The van der Waals surface area contributed by atoms with E-state index in [1.165, 1.54) is 17.5 Å². The van der Waals surface area contributed by atoms with Crippen molar-refractivity contribution in [2.75, 3.05) is 24.6 Å². The van der Waals surface area contributed by atoms with Gasteiger partial charge in [-0.1, -0.05) is 59.7 Å². The van der Waals surface area contributed by atoms with Crippen LogP contribution >= 0.6 is 0 Å². The molecular formula is C29H28N2O2. The Morgan fingerprint density at radius 3 is 2.85 bits per heavy atom. The summed E-state index contributed by atoms with van der Waals surface area (Å²) in [5.41, 5.74) is 7.28. The zero-order valence-electron chi connectivity index (χ0n) is 18.9. The Balaban J connectivity index is 1.38. The fourth-order valence-electron chi connectivity index (χ4n) is 8.43. The summed E-state index contributed by atoms with van der Waals surface area (Å²) in [4.78, 5) is 19.2. The van der Waals surface area contributed by atoms with E-state index in [2.05, 4.69) is 77.4 Å². The van der Waals surface area contributed by atoms with E-state index in [9.17, 15) is 4.79 Å². The molecule has 0 radical (unpaired) electrons. The summed E-state index contributed by atoms with van der Waals surface area (Å²) in [6.07, 6.45) is 6.64. The largest absolute Gasteiger partial charge is 0.369 e. The minimum Gasteiger partial charge on any atom is -0.369 e. The number of piperidine rings is 2. The molecule has 3 saturated heterocycles. The number of nitrogens with zero attached hydrogens (tertiary/aromatic N) is 2. The van der Waals surface area contributed by atoms with Crippen molar-refractivity contribution in [3.63, 3.8) is 0 Å². The topological polar surface area (TPSA) is 32.8 Å². The molecule has 4 fully saturated rings. The number of hydrogen-bond donors (Lipinski definition) is 0. The molecule has 0 aromatic heterocycles. The standard InChI is InChI=1S/C29H28N2O2/c1-17-6-8-18(9-7-17)14-21-26-25-20-15-24-29(11-12-30(24)16-19(20)10-13-33-26)22-4-2-3-5-23(22)31(27(25)29)28(21)32/h2-10,14,20,24-27H,11-13,15-16H2,1H3/b21-14+/t20-,24-,25+,26+,27-,29-/m1/s1. The summed E-state index contributed by atoms with van der Waals surface area (Å²) in [6, 6.07) is 18.0. The Labute approximate surface area is 194 Å². The highest BCUT2D eigenvalue weighted by atomic mass is 16.5. The molecule has 33 heavy (non-hydrogen) atoms. The van der Waals surface area contributed by atoms with E-state index in [1.807, 2.05) is 0 Å². The number of para-hydroxylation sites is 1. The number of ether oxygens (including phenoxy) is 1. The maximum Gasteiger partial charge on any atom is 0.257 e. The van der Waals surface area contributed by atoms with E-state index < -0.39 is 0 Å². The molecule has 1 spiro atoms. The molecule has 1 amide bonds. The van der Waals surface area contributed by atoms with Gasteiger partial charge < -0.3 is 9.64 Å². The summed E-state index contributed by atoms with van der Waals surface area (Å²) >= 11 is 0. The second kappa shape index (κ2) is 6.25. The molecule has 2 aromatic carbocycles. The minimum absolute atomic E-state index is 0.0420. The van der Waals surface area contributed by atoms with Crippen LogP contribution in [-0.2, 0) is 14.9 Å². The zero-order chi connectivity index (χ0) is 21.9. The molecule has 1 aliphatic carbocycles. The third-order valence-corrected chi connectivity index (χ3v) is 9.63. The highest BCUT2D eigenvalue weighted by molar-refractivity contribution is 6.12. The lowest BCUT2D eigenvalue weighted by Gasteiger charge is -2.59. The first-order valence-corrected chi connectivity index (χ1v) is 12.4. The van der Waals surface area contributed by atoms with Crippen LogP contribution in [0.3, 0.4) is 0 Å². The molecule has 8 rings (SSSR count). The average Bonchev–Trinajstić information content (AvgIpc) is 3.29. The van der Waals surface area contributed by atoms with E-state index in [0.29, 0.717) is 24.5 Å². The van der Waals surface area contributed by atoms with Crippen molar-refractivity contribution >= 4 is 17.7 Å². The summed E-state index contributed by atoms with van der Waals surface area (Å²) in [5, 5.41) is 0. The average molecular weight is 437 g/mol. The number of anilines is 1. The molecule has 4 heteroatoms. The van der Waals surface area contributed by atoms with Crippen LogP contribution in [0.2, 0.25) is 0 Å². The van der Waals surface area contributed by atoms with Gasteiger partial charge in [0.05, 0.1) is 18.8 Å². The number of aryl methyl sites for hydroxylation is 1. The Kier molecular flexibility index (Phi) is 3.54. The number of carbonyl (C=O) groups excluding carboxylic acids is 1. The van der Waals surface area contributed by atoms with E-state index in [-0.39, 0.29) is 23.5 Å². The van der Waals surface area contributed by atoms with Gasteiger partial charge in [0, 0.05) is 35.2 Å². The molecule has 0 N–H and O–H groups in total. The number of benzene rings is 2. The van der Waals surface area contributed by atoms with Crippen molar-refractivity contribution in [1.29, 1.82) is 0 Å². The first kappa shape index (κ1) is 18.7. The summed E-state index contributed by atoms with van der Waals surface area (Å²) in [7, 11) is 0. The fraction of sp³-hybridized carbons (Fsp3) is 0.414. The number of amides is 1. The predicted octanol–water partition coefficient (Wildman–Crippen LogP) is 4.09. The van der Waals surface area contributed by atoms with E-state index in [4.69, 9.17) is 4.74 Å². The fourth-order valence-corrected chi connectivity index (χ4v) is 8.43. The van der Waals surface area contributed by atoms with Gasteiger partial charge in [-0.2, -0.15) is 0 Å². The highest BCUT2D eigenvalue weighted by Gasteiger charge is 2.71. The van der Waals surface area contributed by atoms with Crippen molar-refractivity contribution in [2.24, 2.45) is 11.8 Å². The van der Waals surface area contributed by atoms with Gasteiger partial charge in [-0.15, -0.1) is 0 Å². The number of rotatable bonds is 1. The normalized spacial score (nSPS) is 38.9. The number of fused-ring (bicyclic) bond motifs is 2. The lowest BCUT2D eigenvalue weighted by molar-refractivity contribution is -0.123. The number of carbonyl (C=O) groups is 1. The molecule has 5 heterocycles. The van der Waals surface area contributed by atoms with Gasteiger partial charge >= 0.3 is 0 Å². The second-order valence-corrected chi connectivity index (χ2v) is 10.9. The molecule has 4 nitrogen and oxygen atoms in total. The minimum atomic E-state index is -0.141. The molecule has 166 valence electrons. The molecule has 2 bridgehead atoms. The SMILES string of the molecule is Cc1ccc(/C=C2/C(=O)N3c4ccccc4[C@]45CCN6CC7=CCO[C@@H]2[C@H]([C@@H]7C[C@@H]64)[C@@H]35)cc1. The van der Waals surface area contributed by atoms with Crippen LogP contribution in [0.15, 0.2) is 65.8 Å². The number of hydrogen-bond acceptors (Lipinski definition) is 3. The van der Waals surface area contributed by atoms with Crippen LogP contribution in [0.1, 0.15) is 29.5 Å². The zero-order valence-corrected chi connectivity index (χ0v) is 18.9. The van der Waals surface area contributed by atoms with Crippen molar-refractivity contribution in [2.45, 2.75) is 43.4 Å². The van der Waals surface area contributed by atoms with Crippen LogP contribution in [0.25, 0.3) is 6.08 Å². The Morgan fingerprint density at radius 2 is 1.97 bits per heavy atom. The summed E-state index contributed by atoms with van der Waals surface area (Å²) in [6.45, 7) is 4.91. The highest BCUT2D eigenvalue weighted by Crippen LogP contribution is 2.66. The first-order chi connectivity index (χ1) is 16.2. The molecule has 1 saturated carbocycles. The molecule has 6 atom stereocenters. The Bertz CT molecular complexity index is 1260. The maximum absolute atomic E-state index is 14.3. The van der Waals surface area contributed by atoms with E-state index in [1.54, 1.807) is 5.57 Å². The van der Waals surface area contributed by atoms with Crippen LogP contribution < -0.4 is 4.90 Å². The molecule has 6 aliphatic rings. The third-order valence-electron chi connectivity index (χ3n) is 9.63. The van der Waals surface area contributed by atoms with Crippen LogP contribution in [0, 0.1) is 18.8 Å². The van der Waals surface area contributed by atoms with Crippen molar-refractivity contribution < 1.29 is 9.53 Å². The van der Waals surface area contributed by atoms with Gasteiger partial charge in [0.15, 0.2) is 0 Å². The van der Waals surface area contributed by atoms with Crippen molar-refractivity contribution in [3.05, 3.63) is 82.4 Å². The van der Waals surface area contributed by atoms with Gasteiger partial charge in [0.2, 0.25) is 0 Å². The van der Waals surface area contributed by atoms with Gasteiger partial charge in [-0.05, 0) is 55.5 Å². The molecule has 0 unspecified atom stereocenters. The molecular weight excluding hydrogens is 408 g/mol. The van der Waals surface area contributed by atoms with Gasteiger partial charge in [-0.3, -0.25) is 9.69 Å². The Hall–Kier alpha value is -2.69. The van der Waals surface area contributed by atoms with Crippen molar-refractivity contribution in [3.8, 4) is 0 Å². The predicted molar refractivity (Wildman–Crippen MR) is 128 cm³/mol. The van der Waals surface area contributed by atoms with Gasteiger partial charge in [0.25, 0.3) is 5.91 Å². The van der Waals surface area contributed by atoms with Gasteiger partial charge in [0.1, 0.15) is 0 Å². The molecule has 5 aliphatic heterocycles. The maximum atomic E-state index is 14.3. The third kappa shape index (κ3) is 2.17. The van der Waals surface area contributed by atoms with Crippen LogP contribution in [0.5, 0.6) is 0 Å². The Morgan fingerprint density at radius 1 is 1.12 bits per heavy atom. The lowest BCUT2D eigenvalue weighted by Crippen LogP contribution is -2.69. The first-order valence-electron chi connectivity index (χ1n) is 12.4. The monoisotopic (exact) mass is 436 g/mol. The lowest BCUT2D eigenvalue weighted by atomic mass is 9.53. The van der Waals surface area contributed by atoms with Crippen LogP contribution in [0.4, 0.5) is 5.69 Å². The quantitative estimate of drug-likeness (QED) is 0.499. The smallest absolute Gasteiger partial charge is 0.257 e. The van der Waals surface area contributed by atoms with Crippen molar-refractivity contribution in [1.82, 2.24) is 4.90 Å². The summed E-state index contributed by atoms with van der Waals surface area (Å²) < 4.78 is 6.59. The van der Waals surface area contributed by atoms with E-state index >= 15 is 0 Å². The van der Waals surface area contributed by atoms with E-state index in [0.717, 1.165) is 36.3 Å².